The Morgan fingerprint density at radius 3 is 2.23 bits per heavy atom. The summed E-state index contributed by atoms with van der Waals surface area (Å²) in [6.45, 7) is 2.19. The minimum Gasteiger partial charge on any atom is -0.263 e. The van der Waals surface area contributed by atoms with Gasteiger partial charge < -0.3 is 0 Å². The number of benzene rings is 2. The molecule has 6 nitrogen and oxygen atoms in total. The van der Waals surface area contributed by atoms with E-state index in [1.807, 2.05) is 41.0 Å². The molecular formula is C20H20N6. The van der Waals surface area contributed by atoms with Gasteiger partial charge in [-0.3, -0.25) is 4.57 Å². The van der Waals surface area contributed by atoms with Gasteiger partial charge in [-0.1, -0.05) is 79.1 Å². The van der Waals surface area contributed by atoms with E-state index >= 15 is 0 Å². The highest BCUT2D eigenvalue weighted by molar-refractivity contribution is 5.69. The third-order valence-electron chi connectivity index (χ3n) is 4.37. The molecule has 0 saturated heterocycles. The molecule has 2 aromatic carbocycles. The maximum Gasteiger partial charge on any atom is 0.253 e. The molecule has 0 bridgehead atoms. The van der Waals surface area contributed by atoms with Crippen LogP contribution in [0.4, 0.5) is 0 Å². The van der Waals surface area contributed by atoms with Crippen LogP contribution < -0.4 is 0 Å². The number of H-pyrrole nitrogens is 1. The van der Waals surface area contributed by atoms with Crippen LogP contribution in [0.3, 0.4) is 0 Å². The van der Waals surface area contributed by atoms with Gasteiger partial charge in [-0.2, -0.15) is 0 Å². The summed E-state index contributed by atoms with van der Waals surface area (Å²) < 4.78 is 2.05. The van der Waals surface area contributed by atoms with Gasteiger partial charge in [0.1, 0.15) is 5.82 Å². The van der Waals surface area contributed by atoms with E-state index in [1.165, 1.54) is 0 Å². The van der Waals surface area contributed by atoms with Crippen molar-refractivity contribution in [3.8, 4) is 28.6 Å². The van der Waals surface area contributed by atoms with Crippen molar-refractivity contribution in [2.75, 3.05) is 0 Å². The Morgan fingerprint density at radius 1 is 0.923 bits per heavy atom. The Labute approximate surface area is 151 Å². The van der Waals surface area contributed by atoms with E-state index in [4.69, 9.17) is 4.98 Å². The fourth-order valence-electron chi connectivity index (χ4n) is 3.11. The first-order valence-corrected chi connectivity index (χ1v) is 8.85. The van der Waals surface area contributed by atoms with Crippen molar-refractivity contribution in [3.63, 3.8) is 0 Å². The Morgan fingerprint density at radius 2 is 1.62 bits per heavy atom. The van der Waals surface area contributed by atoms with Crippen LogP contribution in [-0.4, -0.2) is 30.2 Å². The lowest BCUT2D eigenvalue weighted by Crippen LogP contribution is -2.05. The Kier molecular flexibility index (Phi) is 4.55. The molecule has 0 amide bonds. The highest BCUT2D eigenvalue weighted by Crippen LogP contribution is 2.32. The van der Waals surface area contributed by atoms with Crippen molar-refractivity contribution >= 4 is 0 Å². The predicted molar refractivity (Wildman–Crippen MR) is 101 cm³/mol. The summed E-state index contributed by atoms with van der Waals surface area (Å²) >= 11 is 0. The Bertz CT molecular complexity index is 958. The molecule has 2 heterocycles. The molecule has 0 spiro atoms. The van der Waals surface area contributed by atoms with Gasteiger partial charge in [-0.25, -0.2) is 10.1 Å². The molecule has 0 saturated carbocycles. The average Bonchev–Trinajstić information content (AvgIpc) is 3.35. The first-order chi connectivity index (χ1) is 12.9. The number of hydrogen-bond acceptors (Lipinski definition) is 4. The summed E-state index contributed by atoms with van der Waals surface area (Å²) in [6, 6.07) is 20.4. The van der Waals surface area contributed by atoms with Crippen molar-refractivity contribution in [2.24, 2.45) is 0 Å². The van der Waals surface area contributed by atoms with Crippen LogP contribution in [0.1, 0.15) is 25.5 Å². The zero-order valence-corrected chi connectivity index (χ0v) is 14.6. The maximum absolute atomic E-state index is 5.01. The second-order valence-corrected chi connectivity index (χ2v) is 6.13. The maximum atomic E-state index is 5.01. The second kappa shape index (κ2) is 7.31. The number of tetrazole rings is 1. The lowest BCUT2D eigenvalue weighted by molar-refractivity contribution is 0.752. The third-order valence-corrected chi connectivity index (χ3v) is 4.37. The van der Waals surface area contributed by atoms with Crippen molar-refractivity contribution in [3.05, 3.63) is 66.4 Å². The van der Waals surface area contributed by atoms with E-state index in [0.29, 0.717) is 5.95 Å². The lowest BCUT2D eigenvalue weighted by Gasteiger charge is -2.09. The number of rotatable bonds is 6. The van der Waals surface area contributed by atoms with Gasteiger partial charge in [0.2, 0.25) is 0 Å². The zero-order valence-electron chi connectivity index (χ0n) is 14.6. The standard InChI is InChI=1S/C20H20N6/c1-2-3-14-17-18(15-10-6-4-7-11-15)21-19(16-12-8-5-9-13-16)26(17)20-22-24-25-23-20/h4-13H,2-3,14H2,1H3,(H,22,23,24,25). The first-order valence-electron chi connectivity index (χ1n) is 8.85. The molecule has 26 heavy (non-hydrogen) atoms. The quantitative estimate of drug-likeness (QED) is 0.572. The van der Waals surface area contributed by atoms with Gasteiger partial charge in [-0.05, 0) is 23.3 Å². The summed E-state index contributed by atoms with van der Waals surface area (Å²) in [5.74, 6) is 1.43. The lowest BCUT2D eigenvalue weighted by atomic mass is 10.1. The van der Waals surface area contributed by atoms with Gasteiger partial charge in [0.15, 0.2) is 0 Å². The first kappa shape index (κ1) is 16.2. The fourth-order valence-corrected chi connectivity index (χ4v) is 3.11. The molecular weight excluding hydrogens is 324 g/mol. The van der Waals surface area contributed by atoms with Crippen LogP contribution in [0, 0.1) is 0 Å². The normalized spacial score (nSPS) is 11.0. The molecule has 0 atom stereocenters. The van der Waals surface area contributed by atoms with Crippen LogP contribution in [0.15, 0.2) is 60.7 Å². The summed E-state index contributed by atoms with van der Waals surface area (Å²) in [4.78, 5) is 5.01. The molecule has 0 aliphatic carbocycles. The predicted octanol–water partition coefficient (Wildman–Crippen LogP) is 4.06. The summed E-state index contributed by atoms with van der Waals surface area (Å²) in [6.07, 6.45) is 3.08. The molecule has 0 aliphatic heterocycles. The van der Waals surface area contributed by atoms with Gasteiger partial charge >= 0.3 is 0 Å². The monoisotopic (exact) mass is 344 g/mol. The number of aromatic nitrogens is 6. The molecule has 2 aromatic heterocycles. The second-order valence-electron chi connectivity index (χ2n) is 6.13. The molecule has 0 fully saturated rings. The van der Waals surface area contributed by atoms with E-state index in [2.05, 4.69) is 51.8 Å². The van der Waals surface area contributed by atoms with E-state index in [1.54, 1.807) is 0 Å². The van der Waals surface area contributed by atoms with E-state index in [-0.39, 0.29) is 0 Å². The van der Waals surface area contributed by atoms with Crippen molar-refractivity contribution in [1.82, 2.24) is 30.2 Å². The number of imidazole rings is 1. The van der Waals surface area contributed by atoms with Crippen LogP contribution in [0.2, 0.25) is 0 Å². The number of nitrogens with one attached hydrogen (secondary N) is 1. The number of hydrogen-bond donors (Lipinski definition) is 1. The van der Waals surface area contributed by atoms with Gasteiger partial charge in [0.05, 0.1) is 11.4 Å². The molecule has 4 aromatic rings. The van der Waals surface area contributed by atoms with E-state index in [0.717, 1.165) is 47.6 Å². The number of unbranched alkanes of at least 4 members (excludes halogenated alkanes) is 1. The molecule has 0 unspecified atom stereocenters. The largest absolute Gasteiger partial charge is 0.263 e. The Balaban J connectivity index is 1.98. The topological polar surface area (TPSA) is 72.3 Å². The molecule has 1 N–H and O–H groups in total. The summed E-state index contributed by atoms with van der Waals surface area (Å²) in [5, 5.41) is 14.6. The third kappa shape index (κ3) is 3.01. The van der Waals surface area contributed by atoms with Gasteiger partial charge in [-0.15, -0.1) is 0 Å². The molecule has 130 valence electrons. The highest BCUT2D eigenvalue weighted by atomic mass is 15.5. The fraction of sp³-hybridized carbons (Fsp3) is 0.200. The molecule has 6 heteroatoms. The average molecular weight is 344 g/mol. The highest BCUT2D eigenvalue weighted by Gasteiger charge is 2.22. The smallest absolute Gasteiger partial charge is 0.253 e. The summed E-state index contributed by atoms with van der Waals surface area (Å²) in [5.41, 5.74) is 4.23. The van der Waals surface area contributed by atoms with Crippen LogP contribution >= 0.6 is 0 Å². The van der Waals surface area contributed by atoms with Crippen molar-refractivity contribution < 1.29 is 0 Å². The minimum atomic E-state index is 0.588. The zero-order chi connectivity index (χ0) is 17.8. The SMILES string of the molecule is CCCCc1c(-c2ccccc2)nc(-c2ccccc2)n1-c1nnn[nH]1. The molecule has 4 rings (SSSR count). The molecule has 0 radical (unpaired) electrons. The molecule has 0 aliphatic rings. The van der Waals surface area contributed by atoms with Gasteiger partial charge in [0.25, 0.3) is 5.95 Å². The van der Waals surface area contributed by atoms with Crippen molar-refractivity contribution in [1.29, 1.82) is 0 Å². The number of nitrogens with zero attached hydrogens (tertiary/aromatic N) is 5. The van der Waals surface area contributed by atoms with Crippen LogP contribution in [0.25, 0.3) is 28.6 Å². The van der Waals surface area contributed by atoms with E-state index < -0.39 is 0 Å². The van der Waals surface area contributed by atoms with Gasteiger partial charge in [0, 0.05) is 11.1 Å². The minimum absolute atomic E-state index is 0.588. The van der Waals surface area contributed by atoms with E-state index in [9.17, 15) is 0 Å². The Hall–Kier alpha value is -3.28. The van der Waals surface area contributed by atoms with Crippen LogP contribution in [0.5, 0.6) is 0 Å². The summed E-state index contributed by atoms with van der Waals surface area (Å²) in [7, 11) is 0. The van der Waals surface area contributed by atoms with Crippen molar-refractivity contribution in [2.45, 2.75) is 26.2 Å². The number of aromatic amines is 1. The van der Waals surface area contributed by atoms with Crippen LogP contribution in [-0.2, 0) is 6.42 Å².